The first kappa shape index (κ1) is 12.5. The van der Waals surface area contributed by atoms with Gasteiger partial charge in [0.15, 0.2) is 0 Å². The third-order valence-electron chi connectivity index (χ3n) is 2.33. The van der Waals surface area contributed by atoms with E-state index in [-0.39, 0.29) is 11.5 Å². The molecule has 0 aliphatic rings. The van der Waals surface area contributed by atoms with Crippen molar-refractivity contribution in [2.45, 2.75) is 0 Å². The van der Waals surface area contributed by atoms with Gasteiger partial charge >= 0.3 is 5.97 Å². The SMILES string of the molecule is COC(=O)c1cnc(N)nc1-c1ccc(Br)cc1. The zero-order chi connectivity index (χ0) is 13.1. The van der Waals surface area contributed by atoms with E-state index in [0.717, 1.165) is 10.0 Å². The maximum absolute atomic E-state index is 11.6. The predicted octanol–water partition coefficient (Wildman–Crippen LogP) is 2.27. The zero-order valence-electron chi connectivity index (χ0n) is 9.55. The lowest BCUT2D eigenvalue weighted by molar-refractivity contribution is 0.0601. The van der Waals surface area contributed by atoms with Gasteiger partial charge < -0.3 is 10.5 Å². The number of nitrogens with zero attached hydrogens (tertiary/aromatic N) is 2. The van der Waals surface area contributed by atoms with Gasteiger partial charge in [-0.2, -0.15) is 0 Å². The number of carbonyl (C=O) groups excluding carboxylic acids is 1. The summed E-state index contributed by atoms with van der Waals surface area (Å²) in [4.78, 5) is 19.5. The average molecular weight is 308 g/mol. The number of rotatable bonds is 2. The van der Waals surface area contributed by atoms with Crippen molar-refractivity contribution in [1.29, 1.82) is 0 Å². The molecule has 0 saturated carbocycles. The topological polar surface area (TPSA) is 78.1 Å². The lowest BCUT2D eigenvalue weighted by Crippen LogP contribution is -2.08. The first-order chi connectivity index (χ1) is 8.61. The highest BCUT2D eigenvalue weighted by atomic mass is 79.9. The molecule has 0 spiro atoms. The molecule has 0 radical (unpaired) electrons. The quantitative estimate of drug-likeness (QED) is 0.861. The molecular weight excluding hydrogens is 298 g/mol. The summed E-state index contributed by atoms with van der Waals surface area (Å²) in [5, 5.41) is 0. The molecule has 18 heavy (non-hydrogen) atoms. The predicted molar refractivity (Wildman–Crippen MR) is 70.9 cm³/mol. The molecule has 6 heteroatoms. The van der Waals surface area contributed by atoms with Gasteiger partial charge in [0.1, 0.15) is 5.56 Å². The van der Waals surface area contributed by atoms with Gasteiger partial charge in [0.25, 0.3) is 0 Å². The van der Waals surface area contributed by atoms with Crippen LogP contribution in [-0.4, -0.2) is 23.0 Å². The average Bonchev–Trinajstić information content (AvgIpc) is 2.38. The van der Waals surface area contributed by atoms with Gasteiger partial charge in [-0.3, -0.25) is 0 Å². The van der Waals surface area contributed by atoms with Crippen LogP contribution in [0.5, 0.6) is 0 Å². The molecule has 5 nitrogen and oxygen atoms in total. The van der Waals surface area contributed by atoms with Crippen molar-refractivity contribution in [1.82, 2.24) is 9.97 Å². The number of aromatic nitrogens is 2. The molecule has 0 saturated heterocycles. The van der Waals surface area contributed by atoms with E-state index >= 15 is 0 Å². The number of hydrogen-bond acceptors (Lipinski definition) is 5. The molecule has 92 valence electrons. The summed E-state index contributed by atoms with van der Waals surface area (Å²) in [6.45, 7) is 0. The van der Waals surface area contributed by atoms with Gasteiger partial charge in [-0.05, 0) is 12.1 Å². The Morgan fingerprint density at radius 2 is 2.00 bits per heavy atom. The Labute approximate surface area is 112 Å². The van der Waals surface area contributed by atoms with Crippen LogP contribution in [0.1, 0.15) is 10.4 Å². The second-order valence-electron chi connectivity index (χ2n) is 3.49. The summed E-state index contributed by atoms with van der Waals surface area (Å²) in [5.74, 6) is -0.381. The minimum Gasteiger partial charge on any atom is -0.465 e. The van der Waals surface area contributed by atoms with Crippen LogP contribution in [-0.2, 0) is 4.74 Å². The van der Waals surface area contributed by atoms with Crippen LogP contribution in [0.4, 0.5) is 5.95 Å². The van der Waals surface area contributed by atoms with Gasteiger partial charge in [0.2, 0.25) is 5.95 Å². The molecular formula is C12H10BrN3O2. The smallest absolute Gasteiger partial charge is 0.341 e. The van der Waals surface area contributed by atoms with Crippen molar-refractivity contribution in [3.8, 4) is 11.3 Å². The molecule has 0 atom stereocenters. The molecule has 2 aromatic rings. The summed E-state index contributed by atoms with van der Waals surface area (Å²) in [6.07, 6.45) is 1.37. The molecule has 0 aliphatic carbocycles. The van der Waals surface area contributed by atoms with Crippen LogP contribution in [0.15, 0.2) is 34.9 Å². The number of nitrogens with two attached hydrogens (primary N) is 1. The number of halogens is 1. The number of benzene rings is 1. The van der Waals surface area contributed by atoms with Crippen LogP contribution in [0.3, 0.4) is 0 Å². The lowest BCUT2D eigenvalue weighted by Gasteiger charge is -2.07. The van der Waals surface area contributed by atoms with Crippen LogP contribution in [0.2, 0.25) is 0 Å². The molecule has 0 aliphatic heterocycles. The van der Waals surface area contributed by atoms with Crippen molar-refractivity contribution in [2.75, 3.05) is 12.8 Å². The molecule has 1 aromatic heterocycles. The van der Waals surface area contributed by atoms with E-state index in [1.807, 2.05) is 24.3 Å². The number of anilines is 1. The van der Waals surface area contributed by atoms with Gasteiger partial charge in [-0.15, -0.1) is 0 Å². The highest BCUT2D eigenvalue weighted by Gasteiger charge is 2.15. The first-order valence-electron chi connectivity index (χ1n) is 5.08. The Morgan fingerprint density at radius 3 is 2.61 bits per heavy atom. The summed E-state index contributed by atoms with van der Waals surface area (Å²) in [7, 11) is 1.31. The monoisotopic (exact) mass is 307 g/mol. The molecule has 2 rings (SSSR count). The minimum atomic E-state index is -0.493. The first-order valence-corrected chi connectivity index (χ1v) is 5.88. The van der Waals surface area contributed by atoms with Crippen LogP contribution >= 0.6 is 15.9 Å². The molecule has 0 bridgehead atoms. The Morgan fingerprint density at radius 1 is 1.33 bits per heavy atom. The number of nitrogen functional groups attached to an aromatic ring is 1. The second-order valence-corrected chi connectivity index (χ2v) is 4.40. The van der Waals surface area contributed by atoms with Gasteiger partial charge in [0.05, 0.1) is 12.8 Å². The molecule has 0 amide bonds. The Hall–Kier alpha value is -1.95. The number of ether oxygens (including phenoxy) is 1. The fourth-order valence-corrected chi connectivity index (χ4v) is 1.75. The minimum absolute atomic E-state index is 0.112. The maximum atomic E-state index is 11.6. The summed E-state index contributed by atoms with van der Waals surface area (Å²) in [6, 6.07) is 7.37. The third-order valence-corrected chi connectivity index (χ3v) is 2.86. The number of methoxy groups -OCH3 is 1. The van der Waals surface area contributed by atoms with Crippen molar-refractivity contribution in [3.05, 3.63) is 40.5 Å². The van der Waals surface area contributed by atoms with E-state index in [2.05, 4.69) is 25.9 Å². The zero-order valence-corrected chi connectivity index (χ0v) is 11.1. The van der Waals surface area contributed by atoms with Gasteiger partial charge in [-0.25, -0.2) is 14.8 Å². The Kier molecular flexibility index (Phi) is 3.57. The normalized spacial score (nSPS) is 10.1. The van der Waals surface area contributed by atoms with Crippen molar-refractivity contribution < 1.29 is 9.53 Å². The lowest BCUT2D eigenvalue weighted by atomic mass is 10.1. The summed E-state index contributed by atoms with van der Waals surface area (Å²) in [5.41, 5.74) is 7.07. The van der Waals surface area contributed by atoms with E-state index in [1.54, 1.807) is 0 Å². The van der Waals surface area contributed by atoms with Crippen LogP contribution < -0.4 is 5.73 Å². The standard InChI is InChI=1S/C12H10BrN3O2/c1-18-11(17)9-6-15-12(14)16-10(9)7-2-4-8(13)5-3-7/h2-6H,1H3,(H2,14,15,16). The van der Waals surface area contributed by atoms with E-state index in [4.69, 9.17) is 10.5 Å². The largest absolute Gasteiger partial charge is 0.465 e. The highest BCUT2D eigenvalue weighted by Crippen LogP contribution is 2.24. The third kappa shape index (κ3) is 2.48. The fraction of sp³-hybridized carbons (Fsp3) is 0.0833. The second kappa shape index (κ2) is 5.14. The fourth-order valence-electron chi connectivity index (χ4n) is 1.48. The number of hydrogen-bond donors (Lipinski definition) is 1. The van der Waals surface area contributed by atoms with Crippen molar-refractivity contribution in [2.24, 2.45) is 0 Å². The molecule has 0 fully saturated rings. The van der Waals surface area contributed by atoms with E-state index in [0.29, 0.717) is 5.69 Å². The molecule has 2 N–H and O–H groups in total. The molecule has 1 heterocycles. The Bertz CT molecular complexity index is 584. The van der Waals surface area contributed by atoms with Crippen LogP contribution in [0, 0.1) is 0 Å². The number of esters is 1. The van der Waals surface area contributed by atoms with Gasteiger partial charge in [-0.1, -0.05) is 28.1 Å². The van der Waals surface area contributed by atoms with Crippen LogP contribution in [0.25, 0.3) is 11.3 Å². The molecule has 0 unspecified atom stereocenters. The van der Waals surface area contributed by atoms with Gasteiger partial charge in [0, 0.05) is 16.2 Å². The summed E-state index contributed by atoms with van der Waals surface area (Å²) >= 11 is 3.34. The van der Waals surface area contributed by atoms with Crippen molar-refractivity contribution in [3.63, 3.8) is 0 Å². The maximum Gasteiger partial charge on any atom is 0.341 e. The summed E-state index contributed by atoms with van der Waals surface area (Å²) < 4.78 is 5.63. The van der Waals surface area contributed by atoms with E-state index < -0.39 is 5.97 Å². The highest BCUT2D eigenvalue weighted by molar-refractivity contribution is 9.10. The van der Waals surface area contributed by atoms with Crippen molar-refractivity contribution >= 4 is 27.8 Å². The Balaban J connectivity index is 2.57. The van der Waals surface area contributed by atoms with E-state index in [9.17, 15) is 4.79 Å². The molecule has 1 aromatic carbocycles. The van der Waals surface area contributed by atoms with E-state index in [1.165, 1.54) is 13.3 Å². The number of carbonyl (C=O) groups is 1.